The highest BCUT2D eigenvalue weighted by Gasteiger charge is 2.53. The molecule has 138 valence electrons. The van der Waals surface area contributed by atoms with Crippen molar-refractivity contribution in [3.05, 3.63) is 35.4 Å². The molecule has 2 atom stereocenters. The van der Waals surface area contributed by atoms with Crippen molar-refractivity contribution in [1.29, 1.82) is 0 Å². The van der Waals surface area contributed by atoms with E-state index in [0.717, 1.165) is 16.0 Å². The van der Waals surface area contributed by atoms with Crippen LogP contribution in [0.2, 0.25) is 0 Å². The van der Waals surface area contributed by atoms with Gasteiger partial charge in [0.15, 0.2) is 0 Å². The van der Waals surface area contributed by atoms with Gasteiger partial charge >= 0.3 is 11.2 Å². The first-order valence-electron chi connectivity index (χ1n) is 8.43. The number of amidine groups is 2. The molecule has 0 spiro atoms. The van der Waals surface area contributed by atoms with Crippen LogP contribution in [0.25, 0.3) is 0 Å². The first-order valence-corrected chi connectivity index (χ1v) is 9.42. The second-order valence-electron chi connectivity index (χ2n) is 6.67. The topological polar surface area (TPSA) is 76.2 Å². The fraction of sp³-hybridized carbons (Fsp3) is 0.444. The Labute approximate surface area is 157 Å². The Balaban J connectivity index is 1.99. The van der Waals surface area contributed by atoms with Crippen molar-refractivity contribution < 1.29 is 19.3 Å². The van der Waals surface area contributed by atoms with Gasteiger partial charge in [0.1, 0.15) is 6.54 Å². The van der Waals surface area contributed by atoms with Crippen LogP contribution < -0.4 is 0 Å². The zero-order valence-corrected chi connectivity index (χ0v) is 16.2. The highest BCUT2D eigenvalue weighted by Crippen LogP contribution is 2.24. The molecule has 0 bridgehead atoms. The third-order valence-electron chi connectivity index (χ3n) is 4.38. The molecule has 2 aliphatic rings. The smallest absolute Gasteiger partial charge is 0.358 e. The number of urea groups is 1. The van der Waals surface area contributed by atoms with Crippen LogP contribution in [0.1, 0.15) is 18.1 Å². The van der Waals surface area contributed by atoms with Gasteiger partial charge in [-0.2, -0.15) is 0 Å². The van der Waals surface area contributed by atoms with Crippen molar-refractivity contribution in [3.8, 4) is 0 Å². The minimum Gasteiger partial charge on any atom is -0.393 e. The summed E-state index contributed by atoms with van der Waals surface area (Å²) in [6.45, 7) is 4.24. The van der Waals surface area contributed by atoms with Crippen LogP contribution >= 0.6 is 11.8 Å². The van der Waals surface area contributed by atoms with Crippen molar-refractivity contribution in [2.75, 3.05) is 19.8 Å². The average Bonchev–Trinajstić information content (AvgIpc) is 2.95. The Morgan fingerprint density at radius 3 is 2.69 bits per heavy atom. The standard InChI is InChI=1S/C18H23N4O3S/c1-11-6-5-7-13(8-11)9-22-14-15(19-17(22)26-10-12(2)23)20(3)18(25)21(4)16(14)24/h5-8,12,14,23H,9-10H2,1-4H3/q+1. The minimum atomic E-state index is -0.625. The van der Waals surface area contributed by atoms with Crippen molar-refractivity contribution >= 4 is 34.7 Å². The lowest BCUT2D eigenvalue weighted by atomic mass is 10.1. The van der Waals surface area contributed by atoms with Gasteiger partial charge in [0.05, 0.1) is 6.10 Å². The summed E-state index contributed by atoms with van der Waals surface area (Å²) in [6.07, 6.45) is -0.492. The van der Waals surface area contributed by atoms with Crippen molar-refractivity contribution in [1.82, 2.24) is 9.80 Å². The van der Waals surface area contributed by atoms with E-state index in [2.05, 4.69) is 11.1 Å². The predicted molar refractivity (Wildman–Crippen MR) is 101 cm³/mol. The van der Waals surface area contributed by atoms with E-state index in [9.17, 15) is 14.7 Å². The number of carbonyl (C=O) groups excluding carboxylic acids is 2. The quantitative estimate of drug-likeness (QED) is 0.805. The van der Waals surface area contributed by atoms with Gasteiger partial charge in [-0.05, 0) is 36.2 Å². The molecule has 0 aromatic heterocycles. The molecule has 1 N–H and O–H groups in total. The van der Waals surface area contributed by atoms with Crippen LogP contribution in [0, 0.1) is 6.92 Å². The number of aliphatic imine (C=N–C) groups is 1. The van der Waals surface area contributed by atoms with Gasteiger partial charge < -0.3 is 5.11 Å². The molecule has 1 aromatic carbocycles. The molecule has 0 saturated carbocycles. The van der Waals surface area contributed by atoms with Gasteiger partial charge in [-0.25, -0.2) is 9.37 Å². The van der Waals surface area contributed by atoms with E-state index in [4.69, 9.17) is 0 Å². The molecule has 0 aliphatic carbocycles. The summed E-state index contributed by atoms with van der Waals surface area (Å²) in [5.74, 6) is 0.621. The zero-order chi connectivity index (χ0) is 19.0. The molecule has 2 heterocycles. The van der Waals surface area contributed by atoms with Crippen molar-refractivity contribution in [2.24, 2.45) is 4.99 Å². The summed E-state index contributed by atoms with van der Waals surface area (Å²) < 4.78 is 1.92. The number of aliphatic hydroxyl groups excluding tert-OH is 1. The monoisotopic (exact) mass is 375 g/mol. The summed E-state index contributed by atoms with van der Waals surface area (Å²) in [5, 5.41) is 10.3. The molecule has 8 heteroatoms. The maximum atomic E-state index is 12.8. The van der Waals surface area contributed by atoms with Gasteiger partial charge in [0.2, 0.25) is 0 Å². The first-order chi connectivity index (χ1) is 12.3. The number of nitrogens with zero attached hydrogens (tertiary/aromatic N) is 4. The van der Waals surface area contributed by atoms with Crippen LogP contribution in [0.4, 0.5) is 4.79 Å². The number of hydrogen-bond donors (Lipinski definition) is 1. The normalized spacial score (nSPS) is 21.3. The van der Waals surface area contributed by atoms with Gasteiger partial charge in [-0.3, -0.25) is 14.6 Å². The molecule has 3 rings (SSSR count). The highest BCUT2D eigenvalue weighted by atomic mass is 32.2. The van der Waals surface area contributed by atoms with E-state index < -0.39 is 12.1 Å². The molecule has 0 radical (unpaired) electrons. The molecule has 1 aromatic rings. The van der Waals surface area contributed by atoms with Gasteiger partial charge in [-0.15, -0.1) is 0 Å². The summed E-state index contributed by atoms with van der Waals surface area (Å²) >= 11 is 1.39. The number of benzene rings is 1. The average molecular weight is 375 g/mol. The number of carbonyl (C=O) groups is 2. The van der Waals surface area contributed by atoms with Crippen LogP contribution in [-0.4, -0.2) is 74.4 Å². The fourth-order valence-corrected chi connectivity index (χ4v) is 3.94. The number of likely N-dealkylation sites (N-methyl/N-ethyl adjacent to an activating group) is 2. The molecule has 1 fully saturated rings. The molecule has 2 aliphatic heterocycles. The number of aryl methyl sites for hydroxylation is 1. The SMILES string of the molecule is Cc1cccc(C[N+]2=C(SCC(C)O)N=C3C2C(=O)N(C)C(=O)N3C)c1. The van der Waals surface area contributed by atoms with Crippen LogP contribution in [0.15, 0.2) is 29.3 Å². The summed E-state index contributed by atoms with van der Waals surface area (Å²) in [5.41, 5.74) is 2.20. The number of amides is 3. The van der Waals surface area contributed by atoms with Gasteiger partial charge in [0.25, 0.3) is 17.8 Å². The number of rotatable bonds is 4. The number of fused-ring (bicyclic) bond motifs is 1. The van der Waals surface area contributed by atoms with Crippen LogP contribution in [0.5, 0.6) is 0 Å². The van der Waals surface area contributed by atoms with Gasteiger partial charge in [-0.1, -0.05) is 29.8 Å². The Morgan fingerprint density at radius 1 is 1.31 bits per heavy atom. The number of hydrogen-bond acceptors (Lipinski definition) is 5. The molecule has 7 nitrogen and oxygen atoms in total. The summed E-state index contributed by atoms with van der Waals surface area (Å²) in [7, 11) is 3.12. The number of thioether (sulfide) groups is 1. The maximum absolute atomic E-state index is 12.8. The van der Waals surface area contributed by atoms with E-state index in [-0.39, 0.29) is 11.9 Å². The Kier molecular flexibility index (Phi) is 5.15. The van der Waals surface area contributed by atoms with E-state index in [1.807, 2.05) is 29.7 Å². The second-order valence-corrected chi connectivity index (χ2v) is 7.66. The lowest BCUT2D eigenvalue weighted by Gasteiger charge is -2.30. The second kappa shape index (κ2) is 7.20. The summed E-state index contributed by atoms with van der Waals surface area (Å²) in [4.78, 5) is 32.2. The number of imide groups is 1. The van der Waals surface area contributed by atoms with E-state index in [1.54, 1.807) is 14.0 Å². The fourth-order valence-electron chi connectivity index (χ4n) is 3.05. The first kappa shape index (κ1) is 18.6. The van der Waals surface area contributed by atoms with Crippen molar-refractivity contribution in [3.63, 3.8) is 0 Å². The summed E-state index contributed by atoms with van der Waals surface area (Å²) in [6, 6.07) is 7.07. The molecule has 3 amide bonds. The Morgan fingerprint density at radius 2 is 2.04 bits per heavy atom. The lowest BCUT2D eigenvalue weighted by Crippen LogP contribution is -2.61. The van der Waals surface area contributed by atoms with Crippen LogP contribution in [-0.2, 0) is 11.3 Å². The van der Waals surface area contributed by atoms with E-state index in [1.165, 1.54) is 23.7 Å². The van der Waals surface area contributed by atoms with E-state index in [0.29, 0.717) is 23.3 Å². The van der Waals surface area contributed by atoms with E-state index >= 15 is 0 Å². The Bertz CT molecular complexity index is 818. The lowest BCUT2D eigenvalue weighted by molar-refractivity contribution is -0.548. The molecule has 2 unspecified atom stereocenters. The maximum Gasteiger partial charge on any atom is 0.358 e. The largest absolute Gasteiger partial charge is 0.393 e. The zero-order valence-electron chi connectivity index (χ0n) is 15.3. The van der Waals surface area contributed by atoms with Crippen LogP contribution in [0.3, 0.4) is 0 Å². The highest BCUT2D eigenvalue weighted by molar-refractivity contribution is 8.13. The number of aliphatic hydroxyl groups is 1. The Hall–Kier alpha value is -2.19. The molecular weight excluding hydrogens is 352 g/mol. The predicted octanol–water partition coefficient (Wildman–Crippen LogP) is 1.28. The third-order valence-corrected chi connectivity index (χ3v) is 5.62. The molecule has 26 heavy (non-hydrogen) atoms. The molecule has 1 saturated heterocycles. The van der Waals surface area contributed by atoms with Crippen molar-refractivity contribution in [2.45, 2.75) is 32.5 Å². The molecular formula is C18H23N4O3S+. The van der Waals surface area contributed by atoms with Gasteiger partial charge in [0, 0.05) is 19.8 Å². The third kappa shape index (κ3) is 3.39. The minimum absolute atomic E-state index is 0.285.